The van der Waals surface area contributed by atoms with Crippen LogP contribution >= 0.6 is 0 Å². The Labute approximate surface area is 71.9 Å². The maximum atomic E-state index is 12.9. The Morgan fingerprint density at radius 2 is 1.85 bits per heavy atom. The molecule has 1 rings (SSSR count). The van der Waals surface area contributed by atoms with Crippen molar-refractivity contribution in [2.75, 3.05) is 0 Å². The topological polar surface area (TPSA) is 9.23 Å². The Morgan fingerprint density at radius 1 is 1.23 bits per heavy atom. The molecular formula is C8H6F4O. The Morgan fingerprint density at radius 3 is 2.38 bits per heavy atom. The largest absolute Gasteiger partial charge is 0.429 e. The summed E-state index contributed by atoms with van der Waals surface area (Å²) >= 11 is 0. The molecule has 0 spiro atoms. The molecule has 1 aromatic carbocycles. The lowest BCUT2D eigenvalue weighted by Gasteiger charge is -2.07. The molecule has 0 saturated heterocycles. The molecule has 0 radical (unpaired) electrons. The van der Waals surface area contributed by atoms with Crippen molar-refractivity contribution < 1.29 is 22.3 Å². The van der Waals surface area contributed by atoms with Gasteiger partial charge in [-0.25, -0.2) is 8.78 Å². The van der Waals surface area contributed by atoms with Gasteiger partial charge in [0.05, 0.1) is 0 Å². The number of ether oxygens (including phenoxy) is 1. The van der Waals surface area contributed by atoms with E-state index in [0.717, 1.165) is 12.1 Å². The van der Waals surface area contributed by atoms with Crippen molar-refractivity contribution in [3.05, 3.63) is 29.3 Å². The smallest absolute Gasteiger partial charge is 0.387 e. The van der Waals surface area contributed by atoms with Gasteiger partial charge in [0, 0.05) is 0 Å². The zero-order chi connectivity index (χ0) is 10.0. The number of rotatable bonds is 2. The summed E-state index contributed by atoms with van der Waals surface area (Å²) in [6.07, 6.45) is 0. The van der Waals surface area contributed by atoms with Crippen molar-refractivity contribution in [3.63, 3.8) is 0 Å². The summed E-state index contributed by atoms with van der Waals surface area (Å²) in [5.41, 5.74) is 0.0528. The third-order valence-corrected chi connectivity index (χ3v) is 1.45. The molecule has 1 nitrogen and oxygen atoms in total. The predicted molar refractivity (Wildman–Crippen MR) is 37.7 cm³/mol. The average Bonchev–Trinajstić information content (AvgIpc) is 2.05. The molecule has 0 aliphatic carbocycles. The lowest BCUT2D eigenvalue weighted by Crippen LogP contribution is -2.06. The van der Waals surface area contributed by atoms with Gasteiger partial charge in [-0.05, 0) is 18.6 Å². The monoisotopic (exact) mass is 194 g/mol. The lowest BCUT2D eigenvalue weighted by molar-refractivity contribution is -0.0547. The summed E-state index contributed by atoms with van der Waals surface area (Å²) in [6, 6.07) is 2.01. The van der Waals surface area contributed by atoms with Crippen LogP contribution in [-0.2, 0) is 0 Å². The zero-order valence-corrected chi connectivity index (χ0v) is 6.65. The normalized spacial score (nSPS) is 10.6. The summed E-state index contributed by atoms with van der Waals surface area (Å²) in [5.74, 6) is -3.27. The molecule has 0 atom stereocenters. The van der Waals surface area contributed by atoms with Crippen LogP contribution in [0.1, 0.15) is 5.56 Å². The molecule has 0 saturated carbocycles. The minimum Gasteiger partial charge on any atom is -0.429 e. The van der Waals surface area contributed by atoms with Crippen LogP contribution < -0.4 is 4.74 Å². The van der Waals surface area contributed by atoms with Crippen molar-refractivity contribution in [2.45, 2.75) is 13.5 Å². The van der Waals surface area contributed by atoms with E-state index in [1.165, 1.54) is 6.92 Å². The van der Waals surface area contributed by atoms with E-state index in [-0.39, 0.29) is 5.56 Å². The van der Waals surface area contributed by atoms with E-state index in [1.54, 1.807) is 0 Å². The number of alkyl halides is 2. The van der Waals surface area contributed by atoms with Gasteiger partial charge in [-0.15, -0.1) is 0 Å². The molecule has 13 heavy (non-hydrogen) atoms. The lowest BCUT2D eigenvalue weighted by atomic mass is 10.2. The maximum Gasteiger partial charge on any atom is 0.387 e. The van der Waals surface area contributed by atoms with Crippen molar-refractivity contribution in [1.29, 1.82) is 0 Å². The molecule has 0 aliphatic heterocycles. The first-order valence-corrected chi connectivity index (χ1v) is 3.41. The fourth-order valence-electron chi connectivity index (χ4n) is 0.828. The van der Waals surface area contributed by atoms with Crippen LogP contribution in [0, 0.1) is 18.6 Å². The Bertz CT molecular complexity index is 311. The van der Waals surface area contributed by atoms with E-state index in [1.807, 2.05) is 0 Å². The molecule has 72 valence electrons. The molecular weight excluding hydrogens is 188 g/mol. The summed E-state index contributed by atoms with van der Waals surface area (Å²) in [7, 11) is 0. The van der Waals surface area contributed by atoms with Gasteiger partial charge in [0.2, 0.25) is 0 Å². The highest BCUT2D eigenvalue weighted by Gasteiger charge is 2.16. The average molecular weight is 194 g/mol. The number of hydrogen-bond acceptors (Lipinski definition) is 1. The second-order valence-electron chi connectivity index (χ2n) is 2.39. The van der Waals surface area contributed by atoms with Crippen molar-refractivity contribution >= 4 is 0 Å². The number of benzene rings is 1. The van der Waals surface area contributed by atoms with Crippen LogP contribution in [0.25, 0.3) is 0 Å². The van der Waals surface area contributed by atoms with E-state index in [2.05, 4.69) is 4.74 Å². The van der Waals surface area contributed by atoms with Crippen molar-refractivity contribution in [2.24, 2.45) is 0 Å². The van der Waals surface area contributed by atoms with Gasteiger partial charge in [-0.3, -0.25) is 0 Å². The van der Waals surface area contributed by atoms with Gasteiger partial charge in [-0.1, -0.05) is 6.07 Å². The highest BCUT2D eigenvalue weighted by atomic mass is 19.3. The fraction of sp³-hybridized carbons (Fsp3) is 0.250. The molecule has 5 heteroatoms. The van der Waals surface area contributed by atoms with Crippen molar-refractivity contribution in [1.82, 2.24) is 0 Å². The van der Waals surface area contributed by atoms with E-state index in [9.17, 15) is 17.6 Å². The third kappa shape index (κ3) is 2.11. The van der Waals surface area contributed by atoms with Gasteiger partial charge >= 0.3 is 6.61 Å². The first kappa shape index (κ1) is 9.83. The first-order chi connectivity index (χ1) is 6.02. The van der Waals surface area contributed by atoms with E-state index in [0.29, 0.717) is 0 Å². The molecule has 0 N–H and O–H groups in total. The molecule has 0 fully saturated rings. The van der Waals surface area contributed by atoms with E-state index < -0.39 is 24.0 Å². The first-order valence-electron chi connectivity index (χ1n) is 3.41. The van der Waals surface area contributed by atoms with Crippen LogP contribution in [0.3, 0.4) is 0 Å². The standard InChI is InChI=1S/C8H6F4O/c1-4-2-3-5(9)7(6(4)10)13-8(11)12/h2-3,8H,1H3. The van der Waals surface area contributed by atoms with Crippen molar-refractivity contribution in [3.8, 4) is 5.75 Å². The molecule has 0 amide bonds. The SMILES string of the molecule is Cc1ccc(F)c(OC(F)F)c1F. The summed E-state index contributed by atoms with van der Waals surface area (Å²) in [4.78, 5) is 0. The van der Waals surface area contributed by atoms with Crippen LogP contribution in [0.5, 0.6) is 5.75 Å². The van der Waals surface area contributed by atoms with E-state index in [4.69, 9.17) is 0 Å². The second kappa shape index (κ2) is 3.64. The molecule has 0 aromatic heterocycles. The highest BCUT2D eigenvalue weighted by molar-refractivity contribution is 5.31. The van der Waals surface area contributed by atoms with Crippen LogP contribution in [0.2, 0.25) is 0 Å². The number of halogens is 4. The molecule has 0 heterocycles. The Hall–Kier alpha value is -1.26. The maximum absolute atomic E-state index is 12.9. The van der Waals surface area contributed by atoms with Gasteiger partial charge in [0.15, 0.2) is 17.4 Å². The van der Waals surface area contributed by atoms with Gasteiger partial charge in [0.25, 0.3) is 0 Å². The van der Waals surface area contributed by atoms with Crippen LogP contribution in [0.4, 0.5) is 17.6 Å². The zero-order valence-electron chi connectivity index (χ0n) is 6.65. The van der Waals surface area contributed by atoms with Crippen LogP contribution in [-0.4, -0.2) is 6.61 Å². The van der Waals surface area contributed by atoms with Gasteiger partial charge in [0.1, 0.15) is 0 Å². The number of hydrogen-bond donors (Lipinski definition) is 0. The minimum absolute atomic E-state index is 0.0528. The number of aryl methyl sites for hydroxylation is 1. The van der Waals surface area contributed by atoms with E-state index >= 15 is 0 Å². The van der Waals surface area contributed by atoms with Gasteiger partial charge < -0.3 is 4.74 Å². The molecule has 1 aromatic rings. The molecule has 0 bridgehead atoms. The predicted octanol–water partition coefficient (Wildman–Crippen LogP) is 2.87. The molecule has 0 aliphatic rings. The third-order valence-electron chi connectivity index (χ3n) is 1.45. The highest BCUT2D eigenvalue weighted by Crippen LogP contribution is 2.25. The minimum atomic E-state index is -3.23. The summed E-state index contributed by atoms with van der Waals surface area (Å²) in [5, 5.41) is 0. The van der Waals surface area contributed by atoms with Gasteiger partial charge in [-0.2, -0.15) is 8.78 Å². The second-order valence-corrected chi connectivity index (χ2v) is 2.39. The summed E-state index contributed by atoms with van der Waals surface area (Å²) < 4.78 is 52.6. The quantitative estimate of drug-likeness (QED) is 0.657. The summed E-state index contributed by atoms with van der Waals surface area (Å²) in [6.45, 7) is -1.90. The fourth-order valence-corrected chi connectivity index (χ4v) is 0.828. The van der Waals surface area contributed by atoms with Crippen LogP contribution in [0.15, 0.2) is 12.1 Å². The Balaban J connectivity index is 3.10. The molecule has 0 unspecified atom stereocenters. The Kier molecular flexibility index (Phi) is 2.75.